The molecule has 6 rings (SSSR count). The minimum atomic E-state index is -4.68. The number of carbonyl (C=O) groups is 1. The minimum absolute atomic E-state index is 0.0780. The third-order valence-corrected chi connectivity index (χ3v) is 10.0. The van der Waals surface area contributed by atoms with Crippen LogP contribution < -0.4 is 14.5 Å². The maximum atomic E-state index is 14.0. The van der Waals surface area contributed by atoms with Crippen LogP contribution in [0.5, 0.6) is 5.88 Å². The van der Waals surface area contributed by atoms with E-state index in [0.717, 1.165) is 37.4 Å². The van der Waals surface area contributed by atoms with Gasteiger partial charge in [-0.05, 0) is 45.7 Å². The molecule has 0 radical (unpaired) electrons. The number of aromatic nitrogens is 6. The molecule has 2 aliphatic rings. The first kappa shape index (κ1) is 38.2. The molecule has 1 saturated heterocycles. The Labute approximate surface area is 307 Å². The molecular weight excluding hydrogens is 691 g/mol. The summed E-state index contributed by atoms with van der Waals surface area (Å²) in [5.41, 5.74) is 1.53. The molecule has 1 saturated carbocycles. The quantitative estimate of drug-likeness (QED) is 0.161. The number of piperazine rings is 1. The number of pyridine rings is 2. The van der Waals surface area contributed by atoms with Crippen LogP contribution in [0.2, 0.25) is 0 Å². The number of anilines is 2. The third-order valence-electron chi connectivity index (χ3n) is 10.0. The van der Waals surface area contributed by atoms with Crippen molar-refractivity contribution in [2.45, 2.75) is 65.1 Å². The molecule has 53 heavy (non-hydrogen) atoms. The van der Waals surface area contributed by atoms with Crippen molar-refractivity contribution in [1.29, 1.82) is 0 Å². The number of halogens is 3. The van der Waals surface area contributed by atoms with Gasteiger partial charge in [-0.15, -0.1) is 0 Å². The summed E-state index contributed by atoms with van der Waals surface area (Å²) in [4.78, 5) is 44.4. The zero-order valence-electron chi connectivity index (χ0n) is 31.0. The number of hydrogen-bond donors (Lipinski definition) is 1. The van der Waals surface area contributed by atoms with Gasteiger partial charge >= 0.3 is 12.1 Å². The van der Waals surface area contributed by atoms with Crippen LogP contribution in [0.4, 0.5) is 24.7 Å². The number of esters is 1. The standard InChI is InChI=1S/C37H48F3N9O4/c1-6-52-31-16-25(15-29(44-31)37(38,39)40)26-17-28(47(4)22-36(23-51-5)11-9-8-10-12-36)33-35(43-26)46-34(45-33)27-18-42-30(19-41-27)49-14-13-48(20-24(49)3)21-32(50)53-7-2/h15-19,24H,6-14,20-23H2,1-5H3,(H,43,45,46)/t24-/m1/s1. The molecule has 4 aromatic rings. The van der Waals surface area contributed by atoms with E-state index in [4.69, 9.17) is 34.1 Å². The molecule has 0 amide bonds. The van der Waals surface area contributed by atoms with Crippen LogP contribution in [0.3, 0.4) is 0 Å². The van der Waals surface area contributed by atoms with Gasteiger partial charge in [0.15, 0.2) is 11.5 Å². The summed E-state index contributed by atoms with van der Waals surface area (Å²) in [6.45, 7) is 9.62. The number of hydrogen-bond acceptors (Lipinski definition) is 12. The highest BCUT2D eigenvalue weighted by molar-refractivity contribution is 5.91. The number of imidazole rings is 1. The molecule has 16 heteroatoms. The van der Waals surface area contributed by atoms with Gasteiger partial charge in [0.25, 0.3) is 0 Å². The zero-order valence-corrected chi connectivity index (χ0v) is 31.0. The van der Waals surface area contributed by atoms with Crippen molar-refractivity contribution in [3.8, 4) is 28.7 Å². The van der Waals surface area contributed by atoms with E-state index in [1.807, 2.05) is 7.05 Å². The van der Waals surface area contributed by atoms with Crippen LogP contribution in [0.25, 0.3) is 33.9 Å². The van der Waals surface area contributed by atoms with Crippen molar-refractivity contribution in [1.82, 2.24) is 34.8 Å². The first-order valence-corrected chi connectivity index (χ1v) is 18.2. The van der Waals surface area contributed by atoms with E-state index in [-0.39, 0.29) is 42.0 Å². The molecule has 13 nitrogen and oxygen atoms in total. The Bertz CT molecular complexity index is 1860. The van der Waals surface area contributed by atoms with Gasteiger partial charge < -0.3 is 29.0 Å². The molecule has 1 N–H and O–H groups in total. The van der Waals surface area contributed by atoms with Gasteiger partial charge in [0.2, 0.25) is 5.88 Å². The number of nitrogens with zero attached hydrogens (tertiary/aromatic N) is 8. The monoisotopic (exact) mass is 739 g/mol. The lowest BCUT2D eigenvalue weighted by molar-refractivity contribution is -0.144. The number of rotatable bonds is 13. The van der Waals surface area contributed by atoms with Gasteiger partial charge in [0.05, 0.1) is 50.1 Å². The second-order valence-corrected chi connectivity index (χ2v) is 14.0. The molecule has 0 unspecified atom stereocenters. The summed E-state index contributed by atoms with van der Waals surface area (Å²) < 4.78 is 58.2. The number of carbonyl (C=O) groups excluding carboxylic acids is 1. The van der Waals surface area contributed by atoms with E-state index in [1.54, 1.807) is 39.4 Å². The van der Waals surface area contributed by atoms with Crippen molar-refractivity contribution in [2.75, 3.05) is 76.5 Å². The van der Waals surface area contributed by atoms with Crippen LogP contribution in [0, 0.1) is 5.41 Å². The molecule has 1 atom stereocenters. The zero-order chi connectivity index (χ0) is 37.8. The molecule has 0 aromatic carbocycles. The highest BCUT2D eigenvalue weighted by atomic mass is 19.4. The second-order valence-electron chi connectivity index (χ2n) is 14.0. The Kier molecular flexibility index (Phi) is 11.7. The fourth-order valence-electron chi connectivity index (χ4n) is 7.60. The van der Waals surface area contributed by atoms with Crippen molar-refractivity contribution in [2.24, 2.45) is 5.41 Å². The molecule has 2 fully saturated rings. The summed E-state index contributed by atoms with van der Waals surface area (Å²) in [5, 5.41) is 0. The highest BCUT2D eigenvalue weighted by Crippen LogP contribution is 2.40. The molecular formula is C37H48F3N9O4. The number of nitrogens with one attached hydrogen (secondary N) is 1. The average Bonchev–Trinajstić information content (AvgIpc) is 3.56. The minimum Gasteiger partial charge on any atom is -0.478 e. The SMILES string of the molecule is CCOC(=O)CN1CCN(c2cnc(-c3nc4nc(-c5cc(OCC)nc(C(F)(F)F)c5)cc(N(C)CC5(COC)CCCCC5)c4[nH]3)cn2)[C@H](C)C1. The number of ether oxygens (including phenoxy) is 3. The lowest BCUT2D eigenvalue weighted by Gasteiger charge is -2.40. The van der Waals surface area contributed by atoms with Gasteiger partial charge in [-0.2, -0.15) is 13.2 Å². The largest absolute Gasteiger partial charge is 0.478 e. The second kappa shape index (κ2) is 16.2. The van der Waals surface area contributed by atoms with Gasteiger partial charge in [0, 0.05) is 63.4 Å². The summed E-state index contributed by atoms with van der Waals surface area (Å²) in [6.07, 6.45) is 4.09. The van der Waals surface area contributed by atoms with Gasteiger partial charge in [-0.25, -0.2) is 24.9 Å². The van der Waals surface area contributed by atoms with Crippen molar-refractivity contribution >= 4 is 28.6 Å². The number of aromatic amines is 1. The van der Waals surface area contributed by atoms with Crippen LogP contribution >= 0.6 is 0 Å². The highest BCUT2D eigenvalue weighted by Gasteiger charge is 2.36. The Morgan fingerprint density at radius 2 is 1.81 bits per heavy atom. The molecule has 0 bridgehead atoms. The predicted molar refractivity (Wildman–Crippen MR) is 195 cm³/mol. The molecule has 286 valence electrons. The van der Waals surface area contributed by atoms with Gasteiger partial charge in [-0.1, -0.05) is 19.3 Å². The van der Waals surface area contributed by atoms with E-state index < -0.39 is 11.9 Å². The Balaban J connectivity index is 1.35. The van der Waals surface area contributed by atoms with Crippen LogP contribution in [0.1, 0.15) is 58.6 Å². The topological polar surface area (TPSA) is 135 Å². The molecule has 4 aromatic heterocycles. The summed E-state index contributed by atoms with van der Waals surface area (Å²) >= 11 is 0. The Morgan fingerprint density at radius 1 is 1.02 bits per heavy atom. The summed E-state index contributed by atoms with van der Waals surface area (Å²) in [6, 6.07) is 4.34. The summed E-state index contributed by atoms with van der Waals surface area (Å²) in [5.74, 6) is 0.761. The molecule has 5 heterocycles. The number of methoxy groups -OCH3 is 1. The molecule has 1 aliphatic carbocycles. The fourth-order valence-corrected chi connectivity index (χ4v) is 7.60. The normalized spacial score (nSPS) is 18.0. The smallest absolute Gasteiger partial charge is 0.433 e. The fraction of sp³-hybridized carbons (Fsp3) is 0.568. The maximum absolute atomic E-state index is 14.0. The molecule has 1 aliphatic heterocycles. The van der Waals surface area contributed by atoms with E-state index in [9.17, 15) is 18.0 Å². The van der Waals surface area contributed by atoms with Crippen LogP contribution in [-0.2, 0) is 20.4 Å². The van der Waals surface area contributed by atoms with E-state index in [1.165, 1.54) is 12.5 Å². The third kappa shape index (κ3) is 8.81. The van der Waals surface area contributed by atoms with Crippen molar-refractivity contribution in [3.05, 3.63) is 36.3 Å². The van der Waals surface area contributed by atoms with Crippen LogP contribution in [0.15, 0.2) is 30.6 Å². The first-order valence-electron chi connectivity index (χ1n) is 18.2. The number of H-pyrrole nitrogens is 1. The predicted octanol–water partition coefficient (Wildman–Crippen LogP) is 6.00. The number of alkyl halides is 3. The lowest BCUT2D eigenvalue weighted by atomic mass is 9.74. The van der Waals surface area contributed by atoms with E-state index >= 15 is 0 Å². The molecule has 0 spiro atoms. The van der Waals surface area contributed by atoms with E-state index in [0.29, 0.717) is 73.6 Å². The van der Waals surface area contributed by atoms with E-state index in [2.05, 4.69) is 31.6 Å². The maximum Gasteiger partial charge on any atom is 0.433 e. The number of fused-ring (bicyclic) bond motifs is 1. The Hall–Kier alpha value is -4.57. The van der Waals surface area contributed by atoms with Crippen molar-refractivity contribution in [3.63, 3.8) is 0 Å². The van der Waals surface area contributed by atoms with Crippen molar-refractivity contribution < 1.29 is 32.2 Å². The van der Waals surface area contributed by atoms with Gasteiger partial charge in [-0.3, -0.25) is 9.69 Å². The Morgan fingerprint density at radius 3 is 2.47 bits per heavy atom. The summed E-state index contributed by atoms with van der Waals surface area (Å²) in [7, 11) is 3.70. The van der Waals surface area contributed by atoms with Gasteiger partial charge in [0.1, 0.15) is 22.7 Å². The first-order chi connectivity index (χ1) is 25.4. The van der Waals surface area contributed by atoms with Crippen LogP contribution in [-0.4, -0.2) is 114 Å². The lowest BCUT2D eigenvalue weighted by Crippen LogP contribution is -2.53. The average molecular weight is 740 g/mol.